The minimum Gasteiger partial charge on any atom is -0.390 e. The maximum absolute atomic E-state index is 11.0. The number of anilines is 1. The summed E-state index contributed by atoms with van der Waals surface area (Å²) in [6.45, 7) is -0.0850. The second-order valence-corrected chi connectivity index (χ2v) is 6.25. The zero-order chi connectivity index (χ0) is 18.9. The third kappa shape index (κ3) is 2.53. The van der Waals surface area contributed by atoms with Crippen LogP contribution in [0.2, 0.25) is 0 Å². The molecule has 1 aliphatic carbocycles. The van der Waals surface area contributed by atoms with Crippen LogP contribution < -0.4 is 16.8 Å². The molecule has 14 nitrogen and oxygen atoms in total. The molecule has 0 aromatic carbocycles. The van der Waals surface area contributed by atoms with Crippen molar-refractivity contribution in [2.24, 2.45) is 32.8 Å². The molecule has 3 rings (SSSR count). The van der Waals surface area contributed by atoms with E-state index in [4.69, 9.17) is 22.5 Å². The van der Waals surface area contributed by atoms with E-state index in [1.807, 2.05) is 0 Å². The van der Waals surface area contributed by atoms with Crippen molar-refractivity contribution in [3.63, 3.8) is 0 Å². The van der Waals surface area contributed by atoms with Crippen LogP contribution in [0.4, 0.5) is 5.95 Å². The zero-order valence-electron chi connectivity index (χ0n) is 13.5. The minimum atomic E-state index is -1.41. The Bertz CT molecular complexity index is 809. The van der Waals surface area contributed by atoms with E-state index in [2.05, 4.69) is 40.3 Å². The van der Waals surface area contributed by atoms with Crippen LogP contribution in [0.1, 0.15) is 11.6 Å². The first-order chi connectivity index (χ1) is 12.5. The average molecular weight is 362 g/mol. The number of aromatic nitrogens is 2. The van der Waals surface area contributed by atoms with E-state index in [0.29, 0.717) is 5.69 Å². The Morgan fingerprint density at radius 2 is 1.85 bits per heavy atom. The molecule has 1 spiro atoms. The summed E-state index contributed by atoms with van der Waals surface area (Å²) < 4.78 is 0. The van der Waals surface area contributed by atoms with E-state index in [0.717, 1.165) is 0 Å². The fourth-order valence-electron chi connectivity index (χ4n) is 4.13. The highest BCUT2D eigenvalue weighted by Crippen LogP contribution is 2.53. The number of hydrogen-bond donors (Lipinski definition) is 6. The van der Waals surface area contributed by atoms with Crippen LogP contribution in [0.15, 0.2) is 21.4 Å². The molecule has 8 N–H and O–H groups in total. The monoisotopic (exact) mass is 362 g/mol. The largest absolute Gasteiger partial charge is 0.390 e. The molecule has 1 fully saturated rings. The Kier molecular flexibility index (Phi) is 4.49. The van der Waals surface area contributed by atoms with Crippen LogP contribution in [0.25, 0.3) is 20.9 Å². The summed E-state index contributed by atoms with van der Waals surface area (Å²) in [6, 6.07) is 0. The van der Waals surface area contributed by atoms with Crippen LogP contribution in [-0.4, -0.2) is 57.1 Å². The predicted molar refractivity (Wildman–Crippen MR) is 90.2 cm³/mol. The number of aliphatic imine (C=N–C) groups is 1. The molecule has 26 heavy (non-hydrogen) atoms. The molecule has 0 bridgehead atoms. The highest BCUT2D eigenvalue weighted by molar-refractivity contribution is 5.81. The Balaban J connectivity index is 2.14. The Labute approximate surface area is 146 Å². The van der Waals surface area contributed by atoms with Crippen molar-refractivity contribution in [2.45, 2.75) is 23.8 Å². The van der Waals surface area contributed by atoms with E-state index in [9.17, 15) is 10.2 Å². The zero-order valence-corrected chi connectivity index (χ0v) is 13.5. The number of aromatic amines is 1. The van der Waals surface area contributed by atoms with E-state index in [1.54, 1.807) is 0 Å². The van der Waals surface area contributed by atoms with E-state index < -0.39 is 35.6 Å². The first-order valence-electron chi connectivity index (χ1n) is 7.75. The van der Waals surface area contributed by atoms with Crippen molar-refractivity contribution in [1.29, 1.82) is 0 Å². The van der Waals surface area contributed by atoms with Crippen molar-refractivity contribution in [1.82, 2.24) is 15.3 Å². The van der Waals surface area contributed by atoms with E-state index in [-0.39, 0.29) is 25.0 Å². The topological polar surface area (TPSA) is 243 Å². The molecule has 2 heterocycles. The van der Waals surface area contributed by atoms with Crippen LogP contribution in [-0.2, 0) is 0 Å². The quantitative estimate of drug-likeness (QED) is 0.224. The van der Waals surface area contributed by atoms with Gasteiger partial charge in [0.2, 0.25) is 0 Å². The maximum Gasteiger partial charge on any atom is 0.197 e. The molecular weight excluding hydrogens is 344 g/mol. The molecule has 1 saturated carbocycles. The van der Waals surface area contributed by atoms with E-state index in [1.165, 1.54) is 6.20 Å². The van der Waals surface area contributed by atoms with Crippen LogP contribution in [0, 0.1) is 11.8 Å². The molecule has 0 saturated heterocycles. The number of imidazole rings is 1. The Hall–Kier alpha value is -3.18. The summed E-state index contributed by atoms with van der Waals surface area (Å²) in [5.41, 5.74) is 27.9. The predicted octanol–water partition coefficient (Wildman–Crippen LogP) is -0.722. The number of guanidine groups is 1. The van der Waals surface area contributed by atoms with E-state index >= 15 is 0 Å². The number of nitrogen functional groups attached to an aromatic ring is 1. The van der Waals surface area contributed by atoms with Crippen LogP contribution >= 0.6 is 0 Å². The molecule has 1 aliphatic heterocycles. The summed E-state index contributed by atoms with van der Waals surface area (Å²) in [4.78, 5) is 16.2. The molecule has 6 atom stereocenters. The maximum atomic E-state index is 11.0. The van der Waals surface area contributed by atoms with Gasteiger partial charge in [-0.1, -0.05) is 10.2 Å². The molecule has 1 aromatic rings. The fourth-order valence-corrected chi connectivity index (χ4v) is 4.13. The molecule has 0 amide bonds. The lowest BCUT2D eigenvalue weighted by Gasteiger charge is -2.37. The third-order valence-corrected chi connectivity index (χ3v) is 5.08. The van der Waals surface area contributed by atoms with Gasteiger partial charge in [0.15, 0.2) is 18.1 Å². The SMILES string of the molecule is [N-]=[N+]=NC[C@@H]1[C@@H](CN=[N+]=[N-])[C@H](c2cnc(N)[nH]2)[C@]2(NC(N)=NC2O)[C@H]1O. The molecule has 1 aromatic heterocycles. The summed E-state index contributed by atoms with van der Waals surface area (Å²) in [7, 11) is 0. The number of nitrogens with zero attached hydrogens (tertiary/aromatic N) is 8. The van der Waals surface area contributed by atoms with Gasteiger partial charge in [-0.3, -0.25) is 0 Å². The average Bonchev–Trinajstić information content (AvgIpc) is 3.21. The molecule has 138 valence electrons. The van der Waals surface area contributed by atoms with Gasteiger partial charge >= 0.3 is 0 Å². The molecule has 0 radical (unpaired) electrons. The third-order valence-electron chi connectivity index (χ3n) is 5.08. The van der Waals surface area contributed by atoms with Crippen molar-refractivity contribution in [3.8, 4) is 0 Å². The molecular formula is C12H18N12O2. The summed E-state index contributed by atoms with van der Waals surface area (Å²) in [5, 5.41) is 31.6. The number of H-pyrrole nitrogens is 1. The second-order valence-electron chi connectivity index (χ2n) is 6.25. The highest BCUT2D eigenvalue weighted by Gasteiger charge is 2.66. The molecule has 14 heteroatoms. The van der Waals surface area contributed by atoms with Gasteiger partial charge in [-0.05, 0) is 22.9 Å². The number of aliphatic hydroxyl groups excluding tert-OH is 2. The number of rotatable bonds is 5. The van der Waals surface area contributed by atoms with Crippen LogP contribution in [0.3, 0.4) is 0 Å². The number of hydrogen-bond acceptors (Lipinski definition) is 9. The van der Waals surface area contributed by atoms with Gasteiger partial charge in [0.25, 0.3) is 0 Å². The first-order valence-corrected chi connectivity index (χ1v) is 7.75. The summed E-state index contributed by atoms with van der Waals surface area (Å²) in [5.74, 6) is -1.68. The van der Waals surface area contributed by atoms with Gasteiger partial charge in [0.05, 0.1) is 12.3 Å². The van der Waals surface area contributed by atoms with Crippen molar-refractivity contribution in [2.75, 3.05) is 18.8 Å². The number of aliphatic hydroxyl groups is 2. The van der Waals surface area contributed by atoms with Gasteiger partial charge < -0.3 is 32.0 Å². The number of nitrogens with two attached hydrogens (primary N) is 2. The van der Waals surface area contributed by atoms with Gasteiger partial charge in [0.1, 0.15) is 5.54 Å². The van der Waals surface area contributed by atoms with Gasteiger partial charge in [-0.25, -0.2) is 9.98 Å². The van der Waals surface area contributed by atoms with Gasteiger partial charge in [-0.2, -0.15) is 0 Å². The normalized spacial score (nSPS) is 35.5. The fraction of sp³-hybridized carbons (Fsp3) is 0.667. The minimum absolute atomic E-state index is 0.0151. The lowest BCUT2D eigenvalue weighted by atomic mass is 9.79. The molecule has 2 aliphatic rings. The highest BCUT2D eigenvalue weighted by atomic mass is 16.3. The number of azide groups is 2. The standard InChI is InChI=1S/C12H18N12O2/c13-10-17-3-6(20-10)7-4(1-18-23-15)5(2-19-24-16)8(25)12(7)9(26)21-11(14)22-12/h3-5,7-9,25-26H,1-2H2,(H3,13,17,20)(H3,14,21,22)/t4-,5-,7-,8+,9?,12+/m1/s1. The lowest BCUT2D eigenvalue weighted by Crippen LogP contribution is -2.61. The van der Waals surface area contributed by atoms with Gasteiger partial charge in [0, 0.05) is 34.5 Å². The first kappa shape index (κ1) is 17.6. The van der Waals surface area contributed by atoms with Crippen molar-refractivity contribution >= 4 is 11.9 Å². The second kappa shape index (κ2) is 6.61. The number of nitrogens with one attached hydrogen (secondary N) is 2. The summed E-state index contributed by atoms with van der Waals surface area (Å²) in [6.07, 6.45) is -1.12. The van der Waals surface area contributed by atoms with Crippen LogP contribution in [0.5, 0.6) is 0 Å². The van der Waals surface area contributed by atoms with Gasteiger partial charge in [-0.15, -0.1) is 0 Å². The lowest BCUT2D eigenvalue weighted by molar-refractivity contribution is -0.0110. The Morgan fingerprint density at radius 3 is 2.35 bits per heavy atom. The molecule has 1 unspecified atom stereocenters. The van der Waals surface area contributed by atoms with Crippen molar-refractivity contribution < 1.29 is 10.2 Å². The smallest absolute Gasteiger partial charge is 0.197 e. The Morgan fingerprint density at radius 1 is 1.19 bits per heavy atom. The summed E-state index contributed by atoms with van der Waals surface area (Å²) >= 11 is 0. The van der Waals surface area contributed by atoms with Crippen molar-refractivity contribution in [3.05, 3.63) is 32.8 Å².